The van der Waals surface area contributed by atoms with Gasteiger partial charge in [0.1, 0.15) is 34.6 Å². The summed E-state index contributed by atoms with van der Waals surface area (Å²) in [5.74, 6) is -2.25. The maximum Gasteiger partial charge on any atom is 0.410 e. The van der Waals surface area contributed by atoms with Crippen molar-refractivity contribution in [1.29, 1.82) is 0 Å². The van der Waals surface area contributed by atoms with Crippen molar-refractivity contribution in [1.82, 2.24) is 35.1 Å². The molecule has 2 aromatic rings. The number of thiazole rings is 1. The Morgan fingerprint density at radius 1 is 1.05 bits per heavy atom. The Balaban J connectivity index is 0.00000720. The first-order valence-corrected chi connectivity index (χ1v) is 20.9. The number of hydrogen-bond acceptors (Lipinski definition) is 15. The normalized spacial score (nSPS) is 33.5. The molecule has 61 heavy (non-hydrogen) atoms. The van der Waals surface area contributed by atoms with E-state index in [0.29, 0.717) is 45.3 Å². The zero-order valence-corrected chi connectivity index (χ0v) is 35.5. The molecule has 17 heteroatoms. The summed E-state index contributed by atoms with van der Waals surface area (Å²) in [6, 6.07) is -0.996. The van der Waals surface area contributed by atoms with Gasteiger partial charge in [-0.05, 0) is 93.3 Å². The predicted molar refractivity (Wildman–Crippen MR) is 242 cm³/mol. The number of carbonyl (C=O) groups excluding carboxylic acids is 3. The number of cyclic esters (lactones) is 1. The van der Waals surface area contributed by atoms with Crippen LogP contribution in [0.15, 0.2) is 17.8 Å². The van der Waals surface area contributed by atoms with Crippen LogP contribution in [-0.2, 0) is 39.8 Å². The maximum atomic E-state index is 14.0. The first-order chi connectivity index (χ1) is 26.5. The van der Waals surface area contributed by atoms with E-state index in [2.05, 4.69) is 27.5 Å². The predicted octanol–water partition coefficient (Wildman–Crippen LogP) is 7.09. The van der Waals surface area contributed by atoms with Crippen LogP contribution in [0.25, 0.3) is 10.7 Å². The molecule has 2 aromatic heterocycles. The zero-order valence-electron chi connectivity index (χ0n) is 34.7. The quantitative estimate of drug-likeness (QED) is 0.133. The minimum Gasteiger partial charge on any atom is -0.458 e. The number of aromatic nitrogens is 4. The zero-order chi connectivity index (χ0) is 40.9. The summed E-state index contributed by atoms with van der Waals surface area (Å²) in [4.78, 5) is 49.6. The van der Waals surface area contributed by atoms with Gasteiger partial charge in [-0.2, -0.15) is 0 Å². The standard InChI is InChI=1S/C39H63N7O9S.5CH4/c1-11-30-39(7)33(46(37(50)55-39)16-13-12-15-45-22-27(42-43-45)34-40-14-17-56-34)26(5)41-21-23(2)20-38(6,51-10)31(19-29(47)25(4)35(49)53-30)54-36-32(48)28(44(8)9)18-24(3)52-36;;;;;/h14,17,22-26,28,30-33,36,41,48H,11-13,15-16,18-21H2,1-10H3;5*1H4/t23-,24?,25-,26-,28?,30-,31-,32?,33-,36+,38+,39-;;;;;/m1...../s1. The van der Waals surface area contributed by atoms with E-state index >= 15 is 0 Å². The van der Waals surface area contributed by atoms with Gasteiger partial charge < -0.3 is 39.0 Å². The monoisotopic (exact) mass is 886 g/mol. The summed E-state index contributed by atoms with van der Waals surface area (Å²) in [5, 5.41) is 26.2. The van der Waals surface area contributed by atoms with E-state index in [-0.39, 0.29) is 67.7 Å². The summed E-state index contributed by atoms with van der Waals surface area (Å²) in [6.45, 7) is 14.7. The molecule has 0 spiro atoms. The fourth-order valence-corrected chi connectivity index (χ4v) is 9.15. The Kier molecular flexibility index (Phi) is 23.5. The van der Waals surface area contributed by atoms with Gasteiger partial charge in [0, 0.05) is 50.3 Å². The topological polar surface area (TPSA) is 180 Å². The molecule has 5 rings (SSSR count). The van der Waals surface area contributed by atoms with Crippen molar-refractivity contribution in [2.75, 3.05) is 34.3 Å². The highest BCUT2D eigenvalue weighted by atomic mass is 32.1. The Morgan fingerprint density at radius 3 is 2.33 bits per heavy atom. The van der Waals surface area contributed by atoms with Crippen LogP contribution in [0.5, 0.6) is 0 Å². The van der Waals surface area contributed by atoms with Crippen molar-refractivity contribution in [2.45, 2.75) is 191 Å². The summed E-state index contributed by atoms with van der Waals surface area (Å²) in [5.41, 5.74) is -1.50. The molecule has 0 bridgehead atoms. The number of ketones is 1. The number of carbonyl (C=O) groups is 3. The highest BCUT2D eigenvalue weighted by molar-refractivity contribution is 7.13. The highest BCUT2D eigenvalue weighted by Gasteiger charge is 2.58. The fraction of sp³-hybridized carbons (Fsp3) is 0.818. The molecule has 5 heterocycles. The van der Waals surface area contributed by atoms with Crippen molar-refractivity contribution in [3.8, 4) is 10.7 Å². The number of amides is 1. The summed E-state index contributed by atoms with van der Waals surface area (Å²) in [6.07, 6.45) is 1.92. The van der Waals surface area contributed by atoms with E-state index < -0.39 is 65.6 Å². The molecular weight excluding hydrogens is 803 g/mol. The van der Waals surface area contributed by atoms with E-state index in [1.165, 1.54) is 18.3 Å². The molecule has 3 unspecified atom stereocenters. The second-order valence-electron chi connectivity index (χ2n) is 16.5. The van der Waals surface area contributed by atoms with E-state index in [1.807, 2.05) is 65.2 Å². The van der Waals surface area contributed by atoms with Crippen molar-refractivity contribution in [3.63, 3.8) is 0 Å². The van der Waals surface area contributed by atoms with Crippen molar-refractivity contribution in [3.05, 3.63) is 17.8 Å². The molecule has 1 amide bonds. The van der Waals surface area contributed by atoms with Crippen LogP contribution in [0.2, 0.25) is 0 Å². The smallest absolute Gasteiger partial charge is 0.410 e. The molecule has 0 radical (unpaired) electrons. The molecule has 16 nitrogen and oxygen atoms in total. The minimum atomic E-state index is -1.21. The van der Waals surface area contributed by atoms with E-state index in [1.54, 1.807) is 22.9 Å². The fourth-order valence-electron chi connectivity index (χ4n) is 8.57. The molecule has 3 fully saturated rings. The molecular formula is C44H83N7O9S. The average molecular weight is 886 g/mol. The molecule has 0 saturated carbocycles. The Bertz CT molecular complexity index is 1610. The average Bonchev–Trinajstić information content (AvgIpc) is 3.91. The summed E-state index contributed by atoms with van der Waals surface area (Å²) < 4.78 is 32.9. The number of methoxy groups -OCH3 is 1. The van der Waals surface area contributed by atoms with Gasteiger partial charge in [-0.25, -0.2) is 9.78 Å². The first-order valence-electron chi connectivity index (χ1n) is 20.0. The number of ether oxygens (including phenoxy) is 5. The number of rotatable bonds is 11. The Hall–Kier alpha value is -3.06. The number of aliphatic hydroxyl groups excluding tert-OH is 1. The molecule has 3 aliphatic rings. The van der Waals surface area contributed by atoms with Crippen LogP contribution in [0.4, 0.5) is 4.79 Å². The number of likely N-dealkylation sites (N-methyl/N-ethyl adjacent to an activating group) is 1. The van der Waals surface area contributed by atoms with Crippen molar-refractivity contribution in [2.24, 2.45) is 11.8 Å². The van der Waals surface area contributed by atoms with Gasteiger partial charge in [-0.3, -0.25) is 19.2 Å². The Labute approximate surface area is 371 Å². The number of unbranched alkanes of at least 4 members (excludes halogenated alkanes) is 1. The van der Waals surface area contributed by atoms with Gasteiger partial charge in [-0.15, -0.1) is 16.4 Å². The summed E-state index contributed by atoms with van der Waals surface area (Å²) >= 11 is 1.50. The van der Waals surface area contributed by atoms with Gasteiger partial charge in [0.05, 0.1) is 30.0 Å². The second kappa shape index (κ2) is 24.7. The molecule has 12 atom stereocenters. The first kappa shape index (κ1) is 57.9. The lowest BCUT2D eigenvalue weighted by Crippen LogP contribution is -2.61. The number of fused-ring (bicyclic) bond motifs is 1. The molecule has 3 saturated heterocycles. The minimum absolute atomic E-state index is 0. The van der Waals surface area contributed by atoms with Crippen LogP contribution in [-0.4, -0.2) is 147 Å². The second-order valence-corrected chi connectivity index (χ2v) is 17.4. The van der Waals surface area contributed by atoms with Crippen LogP contribution >= 0.6 is 11.3 Å². The highest BCUT2D eigenvalue weighted by Crippen LogP contribution is 2.39. The number of aryl methyl sites for hydroxylation is 1. The third-order valence-corrected chi connectivity index (χ3v) is 12.7. The van der Waals surface area contributed by atoms with Gasteiger partial charge in [-0.1, -0.05) is 56.2 Å². The van der Waals surface area contributed by atoms with Crippen LogP contribution in [0.1, 0.15) is 124 Å². The third-order valence-electron chi connectivity index (χ3n) is 11.9. The van der Waals surface area contributed by atoms with Crippen molar-refractivity contribution >= 4 is 29.2 Å². The number of aliphatic hydroxyl groups is 1. The molecule has 3 aliphatic heterocycles. The number of hydrogen-bond donors (Lipinski definition) is 2. The lowest BCUT2D eigenvalue weighted by atomic mass is 9.83. The third kappa shape index (κ3) is 13.2. The lowest BCUT2D eigenvalue weighted by Gasteiger charge is -2.45. The van der Waals surface area contributed by atoms with Gasteiger partial charge in [0.2, 0.25) is 0 Å². The molecule has 0 aromatic carbocycles. The number of Topliss-reactive ketones (excluding diaryl/α,β-unsaturated/α-hetero) is 1. The largest absolute Gasteiger partial charge is 0.458 e. The molecule has 0 aliphatic carbocycles. The van der Waals surface area contributed by atoms with Gasteiger partial charge in [0.15, 0.2) is 11.9 Å². The number of nitrogens with zero attached hydrogens (tertiary/aromatic N) is 6. The lowest BCUT2D eigenvalue weighted by molar-refractivity contribution is -0.289. The van der Waals surface area contributed by atoms with Crippen LogP contribution < -0.4 is 5.32 Å². The Morgan fingerprint density at radius 2 is 1.72 bits per heavy atom. The van der Waals surface area contributed by atoms with E-state index in [0.717, 1.165) is 17.1 Å². The summed E-state index contributed by atoms with van der Waals surface area (Å²) in [7, 11) is 5.38. The maximum absolute atomic E-state index is 14.0. The van der Waals surface area contributed by atoms with Gasteiger partial charge >= 0.3 is 12.1 Å². The number of esters is 1. The van der Waals surface area contributed by atoms with Crippen molar-refractivity contribution < 1.29 is 43.2 Å². The van der Waals surface area contributed by atoms with Crippen LogP contribution in [0.3, 0.4) is 0 Å². The molecule has 2 N–H and O–H groups in total. The number of nitrogens with one attached hydrogen (secondary N) is 1. The van der Waals surface area contributed by atoms with E-state index in [9.17, 15) is 19.5 Å². The van der Waals surface area contributed by atoms with E-state index in [4.69, 9.17) is 23.7 Å². The SMILES string of the molecule is C.C.C.C.C.CC[C@H]1OC(=O)[C@H](C)C(=O)C[C@@H](O[C@@H]2OC(C)CC(N(C)C)C2O)[C@@](C)(OC)C[C@@H](C)CN[C@H](C)[C@H]2N(CCCCn3cc(-c4nccs4)nn3)C(=O)O[C@]12C. The molecule has 354 valence electrons. The van der Waals surface area contributed by atoms with Gasteiger partial charge in [0.25, 0.3) is 0 Å². The van der Waals surface area contributed by atoms with Crippen LogP contribution in [0, 0.1) is 11.8 Å².